The molecule has 0 saturated carbocycles. The van der Waals surface area contributed by atoms with Gasteiger partial charge in [-0.25, -0.2) is 4.79 Å². The van der Waals surface area contributed by atoms with Crippen LogP contribution in [0.1, 0.15) is 38.1 Å². The molecule has 2 aromatic rings. The van der Waals surface area contributed by atoms with Gasteiger partial charge < -0.3 is 10.1 Å². The molecule has 0 spiro atoms. The largest absolute Gasteiger partial charge is 0.462 e. The van der Waals surface area contributed by atoms with E-state index >= 15 is 0 Å². The van der Waals surface area contributed by atoms with E-state index in [2.05, 4.69) is 21.2 Å². The number of nitrogens with zero attached hydrogens (tertiary/aromatic N) is 1. The van der Waals surface area contributed by atoms with Gasteiger partial charge in [0.15, 0.2) is 0 Å². The van der Waals surface area contributed by atoms with Gasteiger partial charge in [0, 0.05) is 4.47 Å². The van der Waals surface area contributed by atoms with Gasteiger partial charge in [0.2, 0.25) is 0 Å². The van der Waals surface area contributed by atoms with Gasteiger partial charge >= 0.3 is 5.97 Å². The van der Waals surface area contributed by atoms with Crippen LogP contribution in [0.2, 0.25) is 0 Å². The van der Waals surface area contributed by atoms with Crippen LogP contribution in [0.5, 0.6) is 0 Å². The number of rotatable bonds is 4. The van der Waals surface area contributed by atoms with Gasteiger partial charge in [-0.05, 0) is 47.5 Å². The van der Waals surface area contributed by atoms with Crippen molar-refractivity contribution in [2.24, 2.45) is 0 Å². The molecule has 1 amide bonds. The SMILES string of the molecule is CCOC(=O)c1sc(NC(=O)c2ccccc2Br)c(C#N)c1C. The lowest BCUT2D eigenvalue weighted by atomic mass is 10.1. The molecule has 0 radical (unpaired) electrons. The number of hydrogen-bond acceptors (Lipinski definition) is 5. The number of amides is 1. The van der Waals surface area contributed by atoms with Crippen molar-refractivity contribution in [3.05, 3.63) is 50.3 Å². The number of esters is 1. The number of benzene rings is 1. The number of thiophene rings is 1. The Labute approximate surface area is 146 Å². The predicted molar refractivity (Wildman–Crippen MR) is 91.8 cm³/mol. The Morgan fingerprint density at radius 3 is 2.70 bits per heavy atom. The van der Waals surface area contributed by atoms with E-state index in [-0.39, 0.29) is 18.1 Å². The summed E-state index contributed by atoms with van der Waals surface area (Å²) < 4.78 is 5.62. The van der Waals surface area contributed by atoms with Gasteiger partial charge in [0.05, 0.1) is 17.7 Å². The standard InChI is InChI=1S/C16H13BrN2O3S/c1-3-22-16(21)13-9(2)11(8-18)15(23-13)19-14(20)10-6-4-5-7-12(10)17/h4-7H,3H2,1-2H3,(H,19,20). The van der Waals surface area contributed by atoms with Crippen molar-refractivity contribution in [3.8, 4) is 6.07 Å². The van der Waals surface area contributed by atoms with E-state index in [1.165, 1.54) is 0 Å². The topological polar surface area (TPSA) is 79.2 Å². The molecular formula is C16H13BrN2O3S. The van der Waals surface area contributed by atoms with E-state index in [1.807, 2.05) is 6.07 Å². The van der Waals surface area contributed by atoms with Crippen LogP contribution in [0.15, 0.2) is 28.7 Å². The second kappa shape index (κ2) is 7.40. The van der Waals surface area contributed by atoms with E-state index in [0.29, 0.717) is 25.5 Å². The second-order valence-corrected chi connectivity index (χ2v) is 6.40. The fourth-order valence-electron chi connectivity index (χ4n) is 1.94. The van der Waals surface area contributed by atoms with Crippen LogP contribution in [-0.2, 0) is 4.74 Å². The van der Waals surface area contributed by atoms with Crippen LogP contribution in [-0.4, -0.2) is 18.5 Å². The number of carbonyl (C=O) groups excluding carboxylic acids is 2. The van der Waals surface area contributed by atoms with Gasteiger partial charge in [0.25, 0.3) is 5.91 Å². The molecule has 0 bridgehead atoms. The molecule has 2 rings (SSSR count). The maximum Gasteiger partial charge on any atom is 0.348 e. The van der Waals surface area contributed by atoms with Gasteiger partial charge in [-0.15, -0.1) is 11.3 Å². The van der Waals surface area contributed by atoms with Gasteiger partial charge in [0.1, 0.15) is 15.9 Å². The number of anilines is 1. The molecule has 1 aromatic carbocycles. The van der Waals surface area contributed by atoms with Crippen molar-refractivity contribution in [2.75, 3.05) is 11.9 Å². The number of hydrogen-bond donors (Lipinski definition) is 1. The van der Waals surface area contributed by atoms with Crippen molar-refractivity contribution in [3.63, 3.8) is 0 Å². The maximum atomic E-state index is 12.4. The summed E-state index contributed by atoms with van der Waals surface area (Å²) in [5, 5.41) is 12.3. The first-order chi connectivity index (χ1) is 11.0. The molecule has 0 aliphatic carbocycles. The summed E-state index contributed by atoms with van der Waals surface area (Å²) in [4.78, 5) is 24.6. The Hall–Kier alpha value is -2.17. The molecule has 0 fully saturated rings. The highest BCUT2D eigenvalue weighted by atomic mass is 79.9. The third-order valence-corrected chi connectivity index (χ3v) is 4.94. The molecule has 23 heavy (non-hydrogen) atoms. The van der Waals surface area contributed by atoms with Gasteiger partial charge in [-0.1, -0.05) is 12.1 Å². The lowest BCUT2D eigenvalue weighted by Crippen LogP contribution is -2.12. The van der Waals surface area contributed by atoms with Crippen LogP contribution in [0, 0.1) is 18.3 Å². The van der Waals surface area contributed by atoms with E-state index < -0.39 is 5.97 Å². The molecule has 1 aromatic heterocycles. The Bertz CT molecular complexity index is 808. The minimum absolute atomic E-state index is 0.247. The Balaban J connectivity index is 2.35. The number of nitrogens with one attached hydrogen (secondary N) is 1. The minimum atomic E-state index is -0.493. The molecule has 1 heterocycles. The summed E-state index contributed by atoms with van der Waals surface area (Å²) in [5.74, 6) is -0.849. The highest BCUT2D eigenvalue weighted by Gasteiger charge is 2.22. The second-order valence-electron chi connectivity index (χ2n) is 4.53. The monoisotopic (exact) mass is 392 g/mol. The van der Waals surface area contributed by atoms with Crippen molar-refractivity contribution in [1.82, 2.24) is 0 Å². The number of nitriles is 1. The van der Waals surface area contributed by atoms with E-state index in [9.17, 15) is 14.9 Å². The van der Waals surface area contributed by atoms with Crippen molar-refractivity contribution >= 4 is 44.1 Å². The Morgan fingerprint density at radius 1 is 1.39 bits per heavy atom. The minimum Gasteiger partial charge on any atom is -0.462 e. The fourth-order valence-corrected chi connectivity index (χ4v) is 3.45. The summed E-state index contributed by atoms with van der Waals surface area (Å²) in [6.45, 7) is 3.62. The number of carbonyl (C=O) groups is 2. The molecular weight excluding hydrogens is 380 g/mol. The molecule has 0 unspecified atom stereocenters. The summed E-state index contributed by atoms with van der Waals surface area (Å²) >= 11 is 4.36. The third kappa shape index (κ3) is 3.60. The van der Waals surface area contributed by atoms with Gasteiger partial charge in [-0.3, -0.25) is 4.79 Å². The van der Waals surface area contributed by atoms with Crippen molar-refractivity contribution in [2.45, 2.75) is 13.8 Å². The third-order valence-electron chi connectivity index (χ3n) is 3.06. The zero-order valence-corrected chi connectivity index (χ0v) is 14.9. The molecule has 118 valence electrons. The first-order valence-corrected chi connectivity index (χ1v) is 8.37. The fraction of sp³-hybridized carbons (Fsp3) is 0.188. The van der Waals surface area contributed by atoms with E-state index in [1.54, 1.807) is 38.1 Å². The molecule has 5 nitrogen and oxygen atoms in total. The molecule has 7 heteroatoms. The highest BCUT2D eigenvalue weighted by molar-refractivity contribution is 9.10. The predicted octanol–water partition coefficient (Wildman–Crippen LogP) is 4.12. The normalized spacial score (nSPS) is 10.0. The molecule has 1 N–H and O–H groups in total. The van der Waals surface area contributed by atoms with Crippen LogP contribution in [0.3, 0.4) is 0 Å². The highest BCUT2D eigenvalue weighted by Crippen LogP contribution is 2.33. The lowest BCUT2D eigenvalue weighted by Gasteiger charge is -2.05. The summed E-state index contributed by atoms with van der Waals surface area (Å²) in [6, 6.07) is 8.99. The van der Waals surface area contributed by atoms with Gasteiger partial charge in [-0.2, -0.15) is 5.26 Å². The average Bonchev–Trinajstić information content (AvgIpc) is 2.83. The smallest absolute Gasteiger partial charge is 0.348 e. The van der Waals surface area contributed by atoms with E-state index in [0.717, 1.165) is 11.3 Å². The van der Waals surface area contributed by atoms with Crippen LogP contribution >= 0.6 is 27.3 Å². The quantitative estimate of drug-likeness (QED) is 0.793. The van der Waals surface area contributed by atoms with Crippen LogP contribution < -0.4 is 5.32 Å². The number of ether oxygens (including phenoxy) is 1. The first-order valence-electron chi connectivity index (χ1n) is 6.76. The summed E-state index contributed by atoms with van der Waals surface area (Å²) in [7, 11) is 0. The van der Waals surface area contributed by atoms with E-state index in [4.69, 9.17) is 4.74 Å². The zero-order chi connectivity index (χ0) is 17.0. The zero-order valence-electron chi connectivity index (χ0n) is 12.5. The summed E-state index contributed by atoms with van der Waals surface area (Å²) in [5.41, 5.74) is 1.23. The van der Waals surface area contributed by atoms with Crippen molar-refractivity contribution in [1.29, 1.82) is 5.26 Å². The number of halogens is 1. The Morgan fingerprint density at radius 2 is 2.09 bits per heavy atom. The maximum absolute atomic E-state index is 12.4. The average molecular weight is 393 g/mol. The first kappa shape index (κ1) is 17.2. The summed E-state index contributed by atoms with van der Waals surface area (Å²) in [6.07, 6.45) is 0. The molecule has 0 saturated heterocycles. The Kier molecular flexibility index (Phi) is 5.53. The molecule has 0 aliphatic heterocycles. The van der Waals surface area contributed by atoms with Crippen LogP contribution in [0.25, 0.3) is 0 Å². The lowest BCUT2D eigenvalue weighted by molar-refractivity contribution is 0.0531. The van der Waals surface area contributed by atoms with Crippen molar-refractivity contribution < 1.29 is 14.3 Å². The van der Waals surface area contributed by atoms with Crippen LogP contribution in [0.4, 0.5) is 5.00 Å². The molecule has 0 aliphatic rings. The molecule has 0 atom stereocenters.